The van der Waals surface area contributed by atoms with Gasteiger partial charge in [-0.15, -0.1) is 23.1 Å². The van der Waals surface area contributed by atoms with Crippen molar-refractivity contribution < 1.29 is 9.59 Å². The molecular weight excluding hydrogens is 468 g/mol. The number of nitrogens with zero attached hydrogens (tertiary/aromatic N) is 5. The average Bonchev–Trinajstić information content (AvgIpc) is 3.60. The zero-order valence-electron chi connectivity index (χ0n) is 18.5. The zero-order chi connectivity index (χ0) is 23.8. The van der Waals surface area contributed by atoms with Crippen molar-refractivity contribution in [2.75, 3.05) is 16.9 Å². The van der Waals surface area contributed by atoms with Crippen LogP contribution in [0.5, 0.6) is 0 Å². The summed E-state index contributed by atoms with van der Waals surface area (Å²) in [7, 11) is 1.81. The van der Waals surface area contributed by atoms with Crippen LogP contribution in [0.1, 0.15) is 21.6 Å². The van der Waals surface area contributed by atoms with E-state index in [1.807, 2.05) is 37.6 Å². The van der Waals surface area contributed by atoms with Gasteiger partial charge < -0.3 is 10.2 Å². The van der Waals surface area contributed by atoms with Crippen LogP contribution in [0.3, 0.4) is 0 Å². The Balaban J connectivity index is 1.49. The van der Waals surface area contributed by atoms with Gasteiger partial charge in [0.1, 0.15) is 6.04 Å². The van der Waals surface area contributed by atoms with Gasteiger partial charge in [-0.05, 0) is 48.7 Å². The minimum Gasteiger partial charge on any atom is -0.324 e. The molecule has 8 nitrogen and oxygen atoms in total. The number of amides is 2. The van der Waals surface area contributed by atoms with E-state index in [4.69, 9.17) is 10.2 Å². The van der Waals surface area contributed by atoms with Crippen LogP contribution >= 0.6 is 23.1 Å². The Kier molecular flexibility index (Phi) is 5.81. The molecule has 0 bridgehead atoms. The quantitative estimate of drug-likeness (QED) is 0.465. The summed E-state index contributed by atoms with van der Waals surface area (Å²) < 4.78 is 1.69. The predicted molar refractivity (Wildman–Crippen MR) is 134 cm³/mol. The lowest BCUT2D eigenvalue weighted by molar-refractivity contribution is -0.119. The van der Waals surface area contributed by atoms with E-state index >= 15 is 0 Å². The third-order valence-electron chi connectivity index (χ3n) is 5.70. The minimum atomic E-state index is -0.612. The largest absolute Gasteiger partial charge is 0.324 e. The summed E-state index contributed by atoms with van der Waals surface area (Å²) in [6, 6.07) is 13.8. The van der Waals surface area contributed by atoms with E-state index < -0.39 is 6.04 Å². The maximum Gasteiger partial charge on any atom is 0.256 e. The number of hydrogen-bond acceptors (Lipinski definition) is 7. The van der Waals surface area contributed by atoms with Gasteiger partial charge in [-0.25, -0.2) is 4.98 Å². The number of carbonyl (C=O) groups excluding carboxylic acids is 2. The Morgan fingerprint density at radius 3 is 2.74 bits per heavy atom. The van der Waals surface area contributed by atoms with Crippen LogP contribution in [-0.2, 0) is 11.8 Å². The summed E-state index contributed by atoms with van der Waals surface area (Å²) in [6.45, 7) is 1.86. The monoisotopic (exact) mass is 488 g/mol. The number of thiophene rings is 1. The molecule has 0 saturated carbocycles. The van der Waals surface area contributed by atoms with Crippen LogP contribution in [0.4, 0.5) is 5.69 Å². The lowest BCUT2D eigenvalue weighted by Gasteiger charge is -2.23. The van der Waals surface area contributed by atoms with Gasteiger partial charge in [0.25, 0.3) is 5.91 Å². The van der Waals surface area contributed by atoms with E-state index in [0.29, 0.717) is 45.2 Å². The summed E-state index contributed by atoms with van der Waals surface area (Å²) in [4.78, 5) is 34.3. The fourth-order valence-corrected chi connectivity index (χ4v) is 5.87. The van der Waals surface area contributed by atoms with Gasteiger partial charge in [-0.3, -0.25) is 14.3 Å². The van der Waals surface area contributed by atoms with E-state index in [0.717, 1.165) is 10.6 Å². The molecule has 170 valence electrons. The normalized spacial score (nSPS) is 15.4. The van der Waals surface area contributed by atoms with Gasteiger partial charge in [-0.1, -0.05) is 6.07 Å². The van der Waals surface area contributed by atoms with Gasteiger partial charge >= 0.3 is 0 Å². The highest BCUT2D eigenvalue weighted by Crippen LogP contribution is 2.32. The molecule has 1 aliphatic heterocycles. The SMILES string of the molecule is Cc1nn(C)c2nc(-c3cccs3)cc(C(=O)N3CSCC3C(=O)Nc3ccc(C#N)cc3)c12. The molecule has 10 heteroatoms. The van der Waals surface area contributed by atoms with Gasteiger partial charge in [0.2, 0.25) is 5.91 Å². The van der Waals surface area contributed by atoms with E-state index in [1.54, 1.807) is 56.9 Å². The van der Waals surface area contributed by atoms with Crippen LogP contribution in [0.15, 0.2) is 47.8 Å². The molecule has 0 spiro atoms. The van der Waals surface area contributed by atoms with Crippen LogP contribution in [0, 0.1) is 18.3 Å². The Labute approximate surface area is 204 Å². The molecule has 2 amide bonds. The Bertz CT molecular complexity index is 1440. The lowest BCUT2D eigenvalue weighted by atomic mass is 10.1. The first kappa shape index (κ1) is 22.1. The lowest BCUT2D eigenvalue weighted by Crippen LogP contribution is -2.44. The van der Waals surface area contributed by atoms with Crippen LogP contribution < -0.4 is 5.32 Å². The number of nitriles is 1. The first-order valence-electron chi connectivity index (χ1n) is 10.5. The van der Waals surface area contributed by atoms with Gasteiger partial charge in [0.15, 0.2) is 5.65 Å². The van der Waals surface area contributed by atoms with E-state index in [2.05, 4.69) is 16.5 Å². The molecule has 1 fully saturated rings. The number of pyridine rings is 1. The first-order chi connectivity index (χ1) is 16.5. The van der Waals surface area contributed by atoms with Crippen molar-refractivity contribution in [3.63, 3.8) is 0 Å². The van der Waals surface area contributed by atoms with Crippen LogP contribution in [0.2, 0.25) is 0 Å². The molecule has 1 saturated heterocycles. The number of aromatic nitrogens is 3. The molecule has 0 radical (unpaired) electrons. The summed E-state index contributed by atoms with van der Waals surface area (Å²) in [5.74, 6) is 0.453. The number of nitrogens with one attached hydrogen (secondary N) is 1. The average molecular weight is 489 g/mol. The third-order valence-corrected chi connectivity index (χ3v) is 7.60. The molecule has 1 N–H and O–H groups in total. The number of anilines is 1. The van der Waals surface area contributed by atoms with Crippen molar-refractivity contribution in [3.05, 3.63) is 64.7 Å². The predicted octanol–water partition coefficient (Wildman–Crippen LogP) is 4.03. The van der Waals surface area contributed by atoms with E-state index in [-0.39, 0.29) is 11.8 Å². The molecule has 1 aliphatic rings. The molecule has 0 aliphatic carbocycles. The Hall–Kier alpha value is -3.68. The second-order valence-electron chi connectivity index (χ2n) is 7.91. The molecule has 4 heterocycles. The van der Waals surface area contributed by atoms with E-state index in [1.165, 1.54) is 0 Å². The number of thioether (sulfide) groups is 1. The number of benzene rings is 1. The number of hydrogen-bond donors (Lipinski definition) is 1. The number of aryl methyl sites for hydroxylation is 2. The topological polar surface area (TPSA) is 104 Å². The smallest absolute Gasteiger partial charge is 0.256 e. The molecule has 34 heavy (non-hydrogen) atoms. The highest BCUT2D eigenvalue weighted by atomic mass is 32.2. The first-order valence-corrected chi connectivity index (χ1v) is 12.6. The molecular formula is C24H20N6O2S2. The van der Waals surface area contributed by atoms with Gasteiger partial charge in [-0.2, -0.15) is 10.4 Å². The molecule has 3 aromatic heterocycles. The van der Waals surface area contributed by atoms with Crippen molar-refractivity contribution in [1.82, 2.24) is 19.7 Å². The zero-order valence-corrected chi connectivity index (χ0v) is 20.1. The minimum absolute atomic E-state index is 0.216. The number of fused-ring (bicyclic) bond motifs is 1. The van der Waals surface area contributed by atoms with Gasteiger partial charge in [0, 0.05) is 18.5 Å². The summed E-state index contributed by atoms with van der Waals surface area (Å²) in [6.07, 6.45) is 0. The second kappa shape index (κ2) is 8.93. The number of carbonyl (C=O) groups is 2. The van der Waals surface area contributed by atoms with Crippen LogP contribution in [-0.4, -0.2) is 49.2 Å². The third kappa shape index (κ3) is 3.93. The molecule has 4 aromatic rings. The van der Waals surface area contributed by atoms with Crippen molar-refractivity contribution in [1.29, 1.82) is 5.26 Å². The van der Waals surface area contributed by atoms with Crippen molar-refractivity contribution in [2.24, 2.45) is 7.05 Å². The highest BCUT2D eigenvalue weighted by molar-refractivity contribution is 7.99. The standard InChI is InChI=1S/C24H20N6O2S2/c1-14-21-17(10-18(20-4-3-9-34-20)27-22(21)29(2)28-14)24(32)30-13-33-12-19(30)23(31)26-16-7-5-15(11-25)6-8-16/h3-10,19H,12-13H2,1-2H3,(H,26,31). The Morgan fingerprint density at radius 2 is 2.03 bits per heavy atom. The maximum atomic E-state index is 13.8. The fourth-order valence-electron chi connectivity index (χ4n) is 4.03. The molecule has 5 rings (SSSR count). The summed E-state index contributed by atoms with van der Waals surface area (Å²) >= 11 is 3.10. The van der Waals surface area contributed by atoms with E-state index in [9.17, 15) is 9.59 Å². The second-order valence-corrected chi connectivity index (χ2v) is 9.86. The maximum absolute atomic E-state index is 13.8. The highest BCUT2D eigenvalue weighted by Gasteiger charge is 2.36. The molecule has 1 aromatic carbocycles. The fraction of sp³-hybridized carbons (Fsp3) is 0.208. The van der Waals surface area contributed by atoms with Crippen molar-refractivity contribution in [2.45, 2.75) is 13.0 Å². The Morgan fingerprint density at radius 1 is 1.24 bits per heavy atom. The summed E-state index contributed by atoms with van der Waals surface area (Å²) in [5, 5.41) is 19.0. The molecule has 1 atom stereocenters. The van der Waals surface area contributed by atoms with Gasteiger partial charge in [0.05, 0.1) is 44.7 Å². The number of rotatable bonds is 4. The van der Waals surface area contributed by atoms with Crippen molar-refractivity contribution in [3.8, 4) is 16.6 Å². The van der Waals surface area contributed by atoms with Crippen LogP contribution in [0.25, 0.3) is 21.6 Å². The van der Waals surface area contributed by atoms with Crippen molar-refractivity contribution >= 4 is 51.6 Å². The summed E-state index contributed by atoms with van der Waals surface area (Å²) in [5.41, 5.74) is 3.66. The molecule has 1 unspecified atom stereocenters.